The molecule has 0 saturated carbocycles. The summed E-state index contributed by atoms with van der Waals surface area (Å²) in [6.07, 6.45) is 0. The molecule has 2 nitrogen and oxygen atoms in total. The van der Waals surface area contributed by atoms with Gasteiger partial charge in [0.2, 0.25) is 5.91 Å². The van der Waals surface area contributed by atoms with Gasteiger partial charge < -0.3 is 4.90 Å². The molecule has 0 radical (unpaired) electrons. The number of anilines is 1. The molecule has 0 saturated heterocycles. The van der Waals surface area contributed by atoms with Crippen molar-refractivity contribution in [2.45, 2.75) is 26.2 Å². The molecule has 0 heterocycles. The van der Waals surface area contributed by atoms with E-state index in [1.54, 1.807) is 11.8 Å². The van der Waals surface area contributed by atoms with E-state index in [0.29, 0.717) is 0 Å². The summed E-state index contributed by atoms with van der Waals surface area (Å²) in [5, 5.41) is 0. The number of benzene rings is 2. The van der Waals surface area contributed by atoms with Crippen molar-refractivity contribution in [2.75, 3.05) is 11.9 Å². The maximum atomic E-state index is 11.5. The molecule has 2 aromatic rings. The van der Waals surface area contributed by atoms with Crippen LogP contribution in [0.15, 0.2) is 42.5 Å². The van der Waals surface area contributed by atoms with Gasteiger partial charge in [0, 0.05) is 25.1 Å². The molecule has 2 aromatic carbocycles. The van der Waals surface area contributed by atoms with Gasteiger partial charge in [-0.3, -0.25) is 4.79 Å². The van der Waals surface area contributed by atoms with Crippen LogP contribution in [0.3, 0.4) is 0 Å². The molecule has 1 aliphatic rings. The minimum atomic E-state index is -0.0143. The molecule has 0 aliphatic heterocycles. The van der Waals surface area contributed by atoms with Crippen molar-refractivity contribution < 1.29 is 4.79 Å². The van der Waals surface area contributed by atoms with Crippen molar-refractivity contribution in [2.24, 2.45) is 0 Å². The molecular formula is C18H19NO. The molecule has 0 spiro atoms. The summed E-state index contributed by atoms with van der Waals surface area (Å²) in [4.78, 5) is 13.2. The molecular weight excluding hydrogens is 246 g/mol. The number of hydrogen-bond acceptors (Lipinski definition) is 1. The Bertz CT molecular complexity index is 700. The van der Waals surface area contributed by atoms with E-state index < -0.39 is 0 Å². The van der Waals surface area contributed by atoms with Gasteiger partial charge in [0.25, 0.3) is 0 Å². The first-order valence-electron chi connectivity index (χ1n) is 6.91. The van der Waals surface area contributed by atoms with E-state index >= 15 is 0 Å². The van der Waals surface area contributed by atoms with Crippen LogP contribution in [-0.4, -0.2) is 13.0 Å². The molecule has 1 amide bonds. The number of rotatable bonds is 1. The number of carbonyl (C=O) groups excluding carboxylic acids is 1. The summed E-state index contributed by atoms with van der Waals surface area (Å²) in [5.74, 6) is 0.0540. The monoisotopic (exact) mass is 265 g/mol. The SMILES string of the molecule is CC(=O)N(C)c1ccc2c(c1)C(C)(C)c1ccccc1-2. The molecule has 3 rings (SSSR count). The fourth-order valence-electron chi connectivity index (χ4n) is 3.08. The van der Waals surface area contributed by atoms with Crippen molar-refractivity contribution in [3.05, 3.63) is 53.6 Å². The number of nitrogens with zero attached hydrogens (tertiary/aromatic N) is 1. The average Bonchev–Trinajstić information content (AvgIpc) is 2.67. The van der Waals surface area contributed by atoms with Gasteiger partial charge in [-0.2, -0.15) is 0 Å². The predicted octanol–water partition coefficient (Wildman–Crippen LogP) is 3.98. The first-order valence-corrected chi connectivity index (χ1v) is 6.91. The lowest BCUT2D eigenvalue weighted by Crippen LogP contribution is -2.23. The topological polar surface area (TPSA) is 20.3 Å². The Morgan fingerprint density at radius 2 is 1.65 bits per heavy atom. The van der Waals surface area contributed by atoms with Crippen molar-refractivity contribution in [1.29, 1.82) is 0 Å². The number of fused-ring (bicyclic) bond motifs is 3. The van der Waals surface area contributed by atoms with Gasteiger partial charge in [-0.1, -0.05) is 44.2 Å². The summed E-state index contributed by atoms with van der Waals surface area (Å²) in [6.45, 7) is 6.08. The van der Waals surface area contributed by atoms with Crippen molar-refractivity contribution in [3.8, 4) is 11.1 Å². The van der Waals surface area contributed by atoms with Gasteiger partial charge in [-0.05, 0) is 34.4 Å². The van der Waals surface area contributed by atoms with Crippen molar-refractivity contribution in [3.63, 3.8) is 0 Å². The maximum absolute atomic E-state index is 11.5. The van der Waals surface area contributed by atoms with Crippen LogP contribution in [0, 0.1) is 0 Å². The summed E-state index contributed by atoms with van der Waals surface area (Å²) < 4.78 is 0. The second-order valence-electron chi connectivity index (χ2n) is 5.98. The van der Waals surface area contributed by atoms with Crippen LogP contribution < -0.4 is 4.90 Å². The minimum Gasteiger partial charge on any atom is -0.316 e. The highest BCUT2D eigenvalue weighted by Gasteiger charge is 2.35. The van der Waals surface area contributed by atoms with Crippen LogP contribution in [0.4, 0.5) is 5.69 Å². The Labute approximate surface area is 120 Å². The second kappa shape index (κ2) is 4.20. The van der Waals surface area contributed by atoms with Crippen LogP contribution >= 0.6 is 0 Å². The molecule has 1 aliphatic carbocycles. The van der Waals surface area contributed by atoms with E-state index in [2.05, 4.69) is 50.2 Å². The normalized spacial score (nSPS) is 14.6. The van der Waals surface area contributed by atoms with Crippen LogP contribution in [0.2, 0.25) is 0 Å². The van der Waals surface area contributed by atoms with Gasteiger partial charge in [0.1, 0.15) is 0 Å². The first-order chi connectivity index (χ1) is 9.43. The van der Waals surface area contributed by atoms with Gasteiger partial charge in [0.15, 0.2) is 0 Å². The van der Waals surface area contributed by atoms with E-state index in [4.69, 9.17) is 0 Å². The van der Waals surface area contributed by atoms with Crippen LogP contribution in [0.25, 0.3) is 11.1 Å². The highest BCUT2D eigenvalue weighted by molar-refractivity contribution is 5.92. The molecule has 0 bridgehead atoms. The van der Waals surface area contributed by atoms with E-state index in [0.717, 1.165) is 5.69 Å². The highest BCUT2D eigenvalue weighted by atomic mass is 16.2. The maximum Gasteiger partial charge on any atom is 0.223 e. The van der Waals surface area contributed by atoms with E-state index in [1.807, 2.05) is 13.1 Å². The molecule has 0 unspecified atom stereocenters. The largest absolute Gasteiger partial charge is 0.316 e. The predicted molar refractivity (Wildman–Crippen MR) is 83.1 cm³/mol. The third kappa shape index (κ3) is 1.68. The van der Waals surface area contributed by atoms with Crippen LogP contribution in [0.5, 0.6) is 0 Å². The Morgan fingerprint density at radius 3 is 2.35 bits per heavy atom. The fourth-order valence-corrected chi connectivity index (χ4v) is 3.08. The van der Waals surface area contributed by atoms with Crippen LogP contribution in [0.1, 0.15) is 31.9 Å². The Balaban J connectivity index is 2.20. The first kappa shape index (κ1) is 12.9. The lowest BCUT2D eigenvalue weighted by Gasteiger charge is -2.23. The van der Waals surface area contributed by atoms with E-state index in [-0.39, 0.29) is 11.3 Å². The lowest BCUT2D eigenvalue weighted by atomic mass is 9.82. The zero-order chi connectivity index (χ0) is 14.5. The molecule has 0 N–H and O–H groups in total. The van der Waals surface area contributed by atoms with Crippen molar-refractivity contribution in [1.82, 2.24) is 0 Å². The average molecular weight is 265 g/mol. The Kier molecular flexibility index (Phi) is 2.72. The van der Waals surface area contributed by atoms with Gasteiger partial charge in [0.05, 0.1) is 0 Å². The molecule has 102 valence electrons. The van der Waals surface area contributed by atoms with Crippen molar-refractivity contribution >= 4 is 11.6 Å². The molecule has 0 atom stereocenters. The van der Waals surface area contributed by atoms with Gasteiger partial charge in [-0.25, -0.2) is 0 Å². The molecule has 0 aromatic heterocycles. The molecule has 0 fully saturated rings. The third-order valence-electron chi connectivity index (χ3n) is 4.43. The smallest absolute Gasteiger partial charge is 0.223 e. The quantitative estimate of drug-likeness (QED) is 0.764. The molecule has 20 heavy (non-hydrogen) atoms. The molecule has 2 heteroatoms. The number of amides is 1. The second-order valence-corrected chi connectivity index (χ2v) is 5.98. The van der Waals surface area contributed by atoms with E-state index in [9.17, 15) is 4.79 Å². The van der Waals surface area contributed by atoms with Gasteiger partial charge in [-0.15, -0.1) is 0 Å². The lowest BCUT2D eigenvalue weighted by molar-refractivity contribution is -0.116. The van der Waals surface area contributed by atoms with Gasteiger partial charge >= 0.3 is 0 Å². The third-order valence-corrected chi connectivity index (χ3v) is 4.43. The number of hydrogen-bond donors (Lipinski definition) is 0. The Hall–Kier alpha value is -2.09. The highest BCUT2D eigenvalue weighted by Crippen LogP contribution is 2.49. The number of carbonyl (C=O) groups is 1. The fraction of sp³-hybridized carbons (Fsp3) is 0.278. The summed E-state index contributed by atoms with van der Waals surface area (Å²) in [5.41, 5.74) is 6.19. The summed E-state index contributed by atoms with van der Waals surface area (Å²) >= 11 is 0. The van der Waals surface area contributed by atoms with E-state index in [1.165, 1.54) is 22.3 Å². The zero-order valence-electron chi connectivity index (χ0n) is 12.4. The summed E-state index contributed by atoms with van der Waals surface area (Å²) in [7, 11) is 1.82. The zero-order valence-corrected chi connectivity index (χ0v) is 12.4. The van der Waals surface area contributed by atoms with Crippen LogP contribution in [-0.2, 0) is 10.2 Å². The Morgan fingerprint density at radius 1 is 1.00 bits per heavy atom. The minimum absolute atomic E-state index is 0.0143. The standard InChI is InChI=1S/C18H19NO/c1-12(20)19(4)13-9-10-15-14-7-5-6-8-16(14)18(2,3)17(15)11-13/h5-11H,1-4H3. The summed E-state index contributed by atoms with van der Waals surface area (Å²) in [6, 6.07) is 14.9.